The Hall–Kier alpha value is -1.71. The third-order valence-electron chi connectivity index (χ3n) is 1.83. The molecule has 0 heterocycles. The van der Waals surface area contributed by atoms with Gasteiger partial charge in [0.2, 0.25) is 0 Å². The highest BCUT2D eigenvalue weighted by Gasteiger charge is 2.05. The van der Waals surface area contributed by atoms with E-state index in [-0.39, 0.29) is 12.4 Å². The molecular weight excluding hydrogens is 184 g/mol. The van der Waals surface area contributed by atoms with E-state index in [1.165, 1.54) is 0 Å². The Morgan fingerprint density at radius 1 is 1.36 bits per heavy atom. The van der Waals surface area contributed by atoms with Crippen molar-refractivity contribution in [3.63, 3.8) is 0 Å². The molecule has 0 saturated carbocycles. The van der Waals surface area contributed by atoms with Crippen LogP contribution in [0.15, 0.2) is 12.1 Å². The van der Waals surface area contributed by atoms with Crippen LogP contribution in [-0.2, 0) is 4.79 Å². The van der Waals surface area contributed by atoms with Gasteiger partial charge in [-0.25, -0.2) is 4.79 Å². The second-order valence-corrected chi connectivity index (χ2v) is 3.09. The summed E-state index contributed by atoms with van der Waals surface area (Å²) in [4.78, 5) is 10.2. The predicted molar refractivity (Wildman–Crippen MR) is 50.7 cm³/mol. The quantitative estimate of drug-likeness (QED) is 0.768. The molecule has 0 fully saturated rings. The fraction of sp³-hybridized carbons (Fsp3) is 0.300. The lowest BCUT2D eigenvalue weighted by molar-refractivity contribution is -0.139. The monoisotopic (exact) mass is 196 g/mol. The summed E-state index contributed by atoms with van der Waals surface area (Å²) in [6.45, 7) is 3.09. The largest absolute Gasteiger partial charge is 0.507 e. The molecule has 2 N–H and O–H groups in total. The van der Waals surface area contributed by atoms with Gasteiger partial charge in [0.25, 0.3) is 0 Å². The lowest BCUT2D eigenvalue weighted by Gasteiger charge is -2.07. The minimum Gasteiger partial charge on any atom is -0.507 e. The van der Waals surface area contributed by atoms with Crippen molar-refractivity contribution in [3.8, 4) is 11.5 Å². The second-order valence-electron chi connectivity index (χ2n) is 3.09. The first-order valence-electron chi connectivity index (χ1n) is 4.15. The molecule has 0 aliphatic heterocycles. The maximum Gasteiger partial charge on any atom is 0.341 e. The second kappa shape index (κ2) is 4.00. The summed E-state index contributed by atoms with van der Waals surface area (Å²) in [5.41, 5.74) is 1.34. The number of carboxylic acids is 1. The molecule has 1 aromatic rings. The van der Waals surface area contributed by atoms with Crippen LogP contribution >= 0.6 is 0 Å². The Bertz CT molecular complexity index is 334. The Kier molecular flexibility index (Phi) is 2.96. The number of aliphatic carboxylic acids is 1. The summed E-state index contributed by atoms with van der Waals surface area (Å²) in [6.07, 6.45) is 0. The zero-order valence-electron chi connectivity index (χ0n) is 8.07. The minimum absolute atomic E-state index is 0.215. The van der Waals surface area contributed by atoms with E-state index in [0.29, 0.717) is 16.9 Å². The van der Waals surface area contributed by atoms with Crippen LogP contribution in [0.1, 0.15) is 11.1 Å². The molecule has 4 nitrogen and oxygen atoms in total. The predicted octanol–water partition coefficient (Wildman–Crippen LogP) is 1.47. The number of hydrogen-bond acceptors (Lipinski definition) is 3. The Labute approximate surface area is 81.8 Å². The van der Waals surface area contributed by atoms with E-state index in [9.17, 15) is 9.90 Å². The highest BCUT2D eigenvalue weighted by Crippen LogP contribution is 2.26. The highest BCUT2D eigenvalue weighted by molar-refractivity contribution is 5.68. The highest BCUT2D eigenvalue weighted by atomic mass is 16.5. The molecule has 4 heteroatoms. The van der Waals surface area contributed by atoms with Crippen LogP contribution in [0.4, 0.5) is 0 Å². The van der Waals surface area contributed by atoms with Crippen LogP contribution in [0, 0.1) is 13.8 Å². The van der Waals surface area contributed by atoms with Gasteiger partial charge in [0, 0.05) is 0 Å². The number of aromatic hydroxyl groups is 1. The maximum absolute atomic E-state index is 10.2. The molecule has 14 heavy (non-hydrogen) atoms. The van der Waals surface area contributed by atoms with Crippen LogP contribution < -0.4 is 4.74 Å². The molecule has 1 aromatic carbocycles. The third kappa shape index (κ3) is 2.39. The Morgan fingerprint density at radius 2 is 1.86 bits per heavy atom. The van der Waals surface area contributed by atoms with Gasteiger partial charge in [-0.05, 0) is 37.1 Å². The average molecular weight is 196 g/mol. The van der Waals surface area contributed by atoms with Crippen molar-refractivity contribution < 1.29 is 19.7 Å². The van der Waals surface area contributed by atoms with Crippen molar-refractivity contribution in [2.45, 2.75) is 13.8 Å². The van der Waals surface area contributed by atoms with Crippen molar-refractivity contribution in [2.24, 2.45) is 0 Å². The smallest absolute Gasteiger partial charge is 0.341 e. The van der Waals surface area contributed by atoms with E-state index in [2.05, 4.69) is 0 Å². The molecule has 0 amide bonds. The number of ether oxygens (including phenoxy) is 1. The molecule has 0 aromatic heterocycles. The average Bonchev–Trinajstić information content (AvgIpc) is 2.10. The van der Waals surface area contributed by atoms with Gasteiger partial charge in [-0.1, -0.05) is 0 Å². The number of carboxylic acid groups (broad SMARTS) is 1. The standard InChI is InChI=1S/C10H12O4/c1-6-3-8(14-5-9(11)12)4-7(2)10(6)13/h3-4,13H,5H2,1-2H3,(H,11,12). The van der Waals surface area contributed by atoms with E-state index in [1.807, 2.05) is 0 Å². The normalized spacial score (nSPS) is 9.86. The molecule has 0 aliphatic carbocycles. The fourth-order valence-corrected chi connectivity index (χ4v) is 1.14. The fourth-order valence-electron chi connectivity index (χ4n) is 1.14. The number of hydrogen-bond donors (Lipinski definition) is 2. The zero-order chi connectivity index (χ0) is 10.7. The maximum atomic E-state index is 10.2. The molecule has 0 spiro atoms. The van der Waals surface area contributed by atoms with E-state index in [0.717, 1.165) is 0 Å². The summed E-state index contributed by atoms with van der Waals surface area (Å²) in [5, 5.41) is 17.8. The summed E-state index contributed by atoms with van der Waals surface area (Å²) in [5.74, 6) is -0.346. The minimum atomic E-state index is -1.02. The summed E-state index contributed by atoms with van der Waals surface area (Å²) < 4.78 is 4.97. The molecule has 1 rings (SSSR count). The number of aryl methyl sites for hydroxylation is 2. The van der Waals surface area contributed by atoms with Crippen molar-refractivity contribution in [2.75, 3.05) is 6.61 Å². The number of carbonyl (C=O) groups is 1. The van der Waals surface area contributed by atoms with Gasteiger partial charge in [0.05, 0.1) is 0 Å². The van der Waals surface area contributed by atoms with Gasteiger partial charge in [0.15, 0.2) is 6.61 Å². The summed E-state index contributed by atoms with van der Waals surface area (Å²) >= 11 is 0. The van der Waals surface area contributed by atoms with Crippen molar-refractivity contribution in [3.05, 3.63) is 23.3 Å². The molecular formula is C10H12O4. The third-order valence-corrected chi connectivity index (χ3v) is 1.83. The molecule has 0 bridgehead atoms. The lowest BCUT2D eigenvalue weighted by atomic mass is 10.1. The topological polar surface area (TPSA) is 66.8 Å². The van der Waals surface area contributed by atoms with Crippen molar-refractivity contribution in [1.82, 2.24) is 0 Å². The van der Waals surface area contributed by atoms with Gasteiger partial charge >= 0.3 is 5.97 Å². The van der Waals surface area contributed by atoms with E-state index in [1.54, 1.807) is 26.0 Å². The molecule has 0 atom stereocenters. The van der Waals surface area contributed by atoms with Gasteiger partial charge < -0.3 is 14.9 Å². The first-order chi connectivity index (χ1) is 6.50. The van der Waals surface area contributed by atoms with E-state index < -0.39 is 5.97 Å². The Balaban J connectivity index is 2.84. The van der Waals surface area contributed by atoms with Gasteiger partial charge in [-0.2, -0.15) is 0 Å². The van der Waals surface area contributed by atoms with Crippen molar-refractivity contribution >= 4 is 5.97 Å². The van der Waals surface area contributed by atoms with E-state index >= 15 is 0 Å². The summed E-state index contributed by atoms with van der Waals surface area (Å²) in [7, 11) is 0. The summed E-state index contributed by atoms with van der Waals surface area (Å²) in [6, 6.07) is 3.20. The molecule has 0 aliphatic rings. The van der Waals surface area contributed by atoms with Crippen LogP contribution in [0.2, 0.25) is 0 Å². The van der Waals surface area contributed by atoms with Crippen LogP contribution in [0.5, 0.6) is 11.5 Å². The number of rotatable bonds is 3. The number of phenolic OH excluding ortho intramolecular Hbond substituents is 1. The first kappa shape index (κ1) is 10.4. The molecule has 0 radical (unpaired) electrons. The van der Waals surface area contributed by atoms with Crippen LogP contribution in [-0.4, -0.2) is 22.8 Å². The van der Waals surface area contributed by atoms with Crippen LogP contribution in [0.25, 0.3) is 0 Å². The van der Waals surface area contributed by atoms with Crippen molar-refractivity contribution in [1.29, 1.82) is 0 Å². The van der Waals surface area contributed by atoms with Gasteiger partial charge in [-0.3, -0.25) is 0 Å². The number of phenols is 1. The van der Waals surface area contributed by atoms with E-state index in [4.69, 9.17) is 9.84 Å². The van der Waals surface area contributed by atoms with Gasteiger partial charge in [0.1, 0.15) is 11.5 Å². The Morgan fingerprint density at radius 3 is 2.29 bits per heavy atom. The van der Waals surface area contributed by atoms with Crippen LogP contribution in [0.3, 0.4) is 0 Å². The molecule has 76 valence electrons. The lowest BCUT2D eigenvalue weighted by Crippen LogP contribution is -2.09. The molecule has 0 saturated heterocycles. The number of benzene rings is 1. The SMILES string of the molecule is Cc1cc(OCC(=O)O)cc(C)c1O. The zero-order valence-corrected chi connectivity index (χ0v) is 8.07. The first-order valence-corrected chi connectivity index (χ1v) is 4.15. The van der Waals surface area contributed by atoms with Gasteiger partial charge in [-0.15, -0.1) is 0 Å². The molecule has 0 unspecified atom stereocenters.